The molecule has 4 saturated carbocycles. The van der Waals surface area contributed by atoms with Gasteiger partial charge in [0.25, 0.3) is 0 Å². The van der Waals surface area contributed by atoms with Crippen LogP contribution in [-0.4, -0.2) is 35.5 Å². The summed E-state index contributed by atoms with van der Waals surface area (Å²) in [6.07, 6.45) is 9.19. The lowest BCUT2D eigenvalue weighted by Gasteiger charge is -2.71. The normalized spacial score (nSPS) is 54.9. The molecule has 0 spiro atoms. The van der Waals surface area contributed by atoms with Gasteiger partial charge in [0.1, 0.15) is 0 Å². The predicted octanol–water partition coefficient (Wildman–Crippen LogP) is 6.15. The fraction of sp³-hybridized carbons (Fsp3) is 0.903. The molecule has 5 aliphatic rings. The monoisotopic (exact) mass is 486 g/mol. The molecule has 0 aromatic rings. The second-order valence-electron chi connectivity index (χ2n) is 14.8. The van der Waals surface area contributed by atoms with Crippen LogP contribution in [-0.2, 0) is 9.53 Å². The number of methoxy groups -OCH3 is 1. The van der Waals surface area contributed by atoms with Crippen LogP contribution < -0.4 is 0 Å². The second-order valence-corrected chi connectivity index (χ2v) is 14.8. The third kappa shape index (κ3) is 3.02. The molecule has 0 saturated heterocycles. The molecule has 4 heteroatoms. The summed E-state index contributed by atoms with van der Waals surface area (Å²) >= 11 is 0. The van der Waals surface area contributed by atoms with E-state index in [-0.39, 0.29) is 39.0 Å². The van der Waals surface area contributed by atoms with Crippen molar-refractivity contribution in [2.75, 3.05) is 7.11 Å². The molecule has 0 bridgehead atoms. The molecule has 5 rings (SSSR count). The lowest BCUT2D eigenvalue weighted by molar-refractivity contribution is -0.232. The van der Waals surface area contributed by atoms with E-state index in [2.05, 4.69) is 54.5 Å². The number of hydrogen-bond acceptors (Lipinski definition) is 4. The van der Waals surface area contributed by atoms with E-state index in [4.69, 9.17) is 4.74 Å². The number of carbonyl (C=O) groups is 1. The third-order valence-electron chi connectivity index (χ3n) is 13.5. The van der Waals surface area contributed by atoms with Gasteiger partial charge in [0.2, 0.25) is 0 Å². The Morgan fingerprint density at radius 3 is 2.31 bits per heavy atom. The van der Waals surface area contributed by atoms with Crippen LogP contribution in [0.15, 0.2) is 11.6 Å². The largest absolute Gasteiger partial charge is 0.469 e. The number of rotatable bonds is 1. The van der Waals surface area contributed by atoms with E-state index < -0.39 is 12.2 Å². The first-order chi connectivity index (χ1) is 16.2. The summed E-state index contributed by atoms with van der Waals surface area (Å²) in [6.45, 7) is 16.6. The summed E-state index contributed by atoms with van der Waals surface area (Å²) in [6, 6.07) is 0. The Kier molecular flexibility index (Phi) is 5.76. The minimum Gasteiger partial charge on any atom is -0.469 e. The van der Waals surface area contributed by atoms with E-state index in [0.717, 1.165) is 44.9 Å². The molecule has 0 amide bonds. The van der Waals surface area contributed by atoms with E-state index in [1.165, 1.54) is 0 Å². The summed E-state index contributed by atoms with van der Waals surface area (Å²) in [5.74, 6) is 2.21. The zero-order chi connectivity index (χ0) is 25.8. The highest BCUT2D eigenvalue weighted by atomic mass is 16.5. The maximum Gasteiger partial charge on any atom is 0.312 e. The molecule has 2 N–H and O–H groups in total. The van der Waals surface area contributed by atoms with E-state index in [9.17, 15) is 15.0 Å². The summed E-state index contributed by atoms with van der Waals surface area (Å²) in [7, 11) is 1.57. The van der Waals surface area contributed by atoms with Crippen LogP contribution in [0.1, 0.15) is 99.8 Å². The fourth-order valence-corrected chi connectivity index (χ4v) is 11.2. The van der Waals surface area contributed by atoms with Crippen molar-refractivity contribution in [3.63, 3.8) is 0 Å². The zero-order valence-electron chi connectivity index (χ0n) is 23.5. The van der Waals surface area contributed by atoms with E-state index in [1.54, 1.807) is 12.7 Å². The Hall–Kier alpha value is -0.870. The first-order valence-electron chi connectivity index (χ1n) is 14.4. The van der Waals surface area contributed by atoms with Gasteiger partial charge >= 0.3 is 5.97 Å². The highest BCUT2D eigenvalue weighted by Crippen LogP contribution is 2.75. The van der Waals surface area contributed by atoms with Crippen molar-refractivity contribution >= 4 is 5.97 Å². The van der Waals surface area contributed by atoms with Gasteiger partial charge in [-0.3, -0.25) is 4.79 Å². The maximum atomic E-state index is 13.4. The van der Waals surface area contributed by atoms with Gasteiger partial charge in [-0.1, -0.05) is 60.1 Å². The van der Waals surface area contributed by atoms with Gasteiger partial charge in [-0.15, -0.1) is 0 Å². The number of esters is 1. The van der Waals surface area contributed by atoms with Crippen LogP contribution in [0.25, 0.3) is 0 Å². The molecular formula is C31H50O4. The molecule has 0 aromatic carbocycles. The minimum absolute atomic E-state index is 0.0114. The van der Waals surface area contributed by atoms with Crippen LogP contribution in [0, 0.1) is 56.7 Å². The Bertz CT molecular complexity index is 923. The highest BCUT2D eigenvalue weighted by molar-refractivity contribution is 5.78. The Morgan fingerprint density at radius 1 is 0.971 bits per heavy atom. The Balaban J connectivity index is 1.62. The quantitative estimate of drug-likeness (QED) is 0.345. The fourth-order valence-electron chi connectivity index (χ4n) is 11.2. The number of ether oxygens (including phenoxy) is 1. The number of aliphatic hydroxyl groups excluding tert-OH is 2. The molecule has 35 heavy (non-hydrogen) atoms. The average molecular weight is 487 g/mol. The van der Waals surface area contributed by atoms with Gasteiger partial charge in [0.15, 0.2) is 0 Å². The molecule has 4 nitrogen and oxygen atoms in total. The van der Waals surface area contributed by atoms with Crippen LogP contribution in [0.2, 0.25) is 0 Å². The summed E-state index contributed by atoms with van der Waals surface area (Å²) in [5, 5.41) is 22.0. The smallest absolute Gasteiger partial charge is 0.312 e. The molecule has 0 unspecified atom stereocenters. The van der Waals surface area contributed by atoms with Crippen LogP contribution in [0.5, 0.6) is 0 Å². The van der Waals surface area contributed by atoms with Crippen LogP contribution >= 0.6 is 0 Å². The number of aliphatic hydroxyl groups is 2. The third-order valence-corrected chi connectivity index (χ3v) is 13.5. The zero-order valence-corrected chi connectivity index (χ0v) is 23.5. The van der Waals surface area contributed by atoms with Crippen molar-refractivity contribution in [3.05, 3.63) is 11.6 Å². The Labute approximate surface area is 213 Å². The second kappa shape index (κ2) is 7.82. The van der Waals surface area contributed by atoms with Gasteiger partial charge in [0.05, 0.1) is 24.7 Å². The van der Waals surface area contributed by atoms with Crippen molar-refractivity contribution < 1.29 is 19.7 Å². The first-order valence-corrected chi connectivity index (χ1v) is 14.4. The standard InChI is InChI=1S/C31H50O4/c1-18-11-14-31(26(34)35-8)16-15-29(6)20(24(31)19(18)2)9-10-23-28(5)17-21(32)25(33)27(3,4)22(28)12-13-30(23,29)7/h9,18-19,21-25,32-33H,10-17H2,1-8H3/t18-,19-,21-,22+,23+,24-,25-,28+,29+,30-,31-/m1/s1. The SMILES string of the molecule is COC(=O)[C@@]12CC[C@@H](C)[C@@H](C)[C@@H]1C1=CC[C@H]3[C@@]4(C)C[C@@H](O)[C@@H](O)C(C)(C)[C@@H]4CC[C@@]3(C)[C@@]1(C)CC2. The van der Waals surface area contributed by atoms with Crippen molar-refractivity contribution in [1.29, 1.82) is 0 Å². The van der Waals surface area contributed by atoms with Gasteiger partial charge in [-0.25, -0.2) is 0 Å². The van der Waals surface area contributed by atoms with E-state index in [0.29, 0.717) is 30.1 Å². The number of allylic oxidation sites excluding steroid dienone is 2. The minimum atomic E-state index is -0.663. The first kappa shape index (κ1) is 25.8. The predicted molar refractivity (Wildman–Crippen MR) is 138 cm³/mol. The Morgan fingerprint density at radius 2 is 1.66 bits per heavy atom. The topological polar surface area (TPSA) is 66.8 Å². The lowest BCUT2D eigenvalue weighted by Crippen LogP contribution is -2.67. The molecule has 198 valence electrons. The number of hydrogen-bond donors (Lipinski definition) is 2. The molecule has 5 aliphatic carbocycles. The number of carbonyl (C=O) groups excluding carboxylic acids is 1. The molecule has 0 aliphatic heterocycles. The summed E-state index contributed by atoms with van der Waals surface area (Å²) in [4.78, 5) is 13.4. The van der Waals surface area contributed by atoms with Gasteiger partial charge in [-0.05, 0) is 103 Å². The highest BCUT2D eigenvalue weighted by Gasteiger charge is 2.70. The molecule has 4 fully saturated rings. The molecule has 11 atom stereocenters. The number of fused-ring (bicyclic) bond motifs is 7. The van der Waals surface area contributed by atoms with Crippen LogP contribution in [0.4, 0.5) is 0 Å². The van der Waals surface area contributed by atoms with E-state index in [1.807, 2.05) is 0 Å². The van der Waals surface area contributed by atoms with Gasteiger partial charge < -0.3 is 14.9 Å². The summed E-state index contributed by atoms with van der Waals surface area (Å²) in [5.41, 5.74) is 1.03. The molecular weight excluding hydrogens is 436 g/mol. The molecule has 0 radical (unpaired) electrons. The van der Waals surface area contributed by atoms with Crippen molar-refractivity contribution in [2.45, 2.75) is 112 Å². The van der Waals surface area contributed by atoms with Crippen LogP contribution in [0.3, 0.4) is 0 Å². The van der Waals surface area contributed by atoms with Gasteiger partial charge in [0, 0.05) is 0 Å². The average Bonchev–Trinajstić information content (AvgIpc) is 2.79. The molecule has 0 aromatic heterocycles. The van der Waals surface area contributed by atoms with Crippen molar-refractivity contribution in [1.82, 2.24) is 0 Å². The lowest BCUT2D eigenvalue weighted by atomic mass is 9.33. The van der Waals surface area contributed by atoms with Gasteiger partial charge in [-0.2, -0.15) is 0 Å². The molecule has 0 heterocycles. The van der Waals surface area contributed by atoms with E-state index >= 15 is 0 Å². The van der Waals surface area contributed by atoms with Crippen molar-refractivity contribution in [3.8, 4) is 0 Å². The summed E-state index contributed by atoms with van der Waals surface area (Å²) < 4.78 is 5.49. The maximum absolute atomic E-state index is 13.4. The van der Waals surface area contributed by atoms with Crippen molar-refractivity contribution in [2.24, 2.45) is 56.7 Å².